The molecule has 0 bridgehead atoms. The number of halogens is 7. The molecule has 146 valence electrons. The maximum absolute atomic E-state index is 12.8. The third kappa shape index (κ3) is 5.78. The van der Waals surface area contributed by atoms with Crippen molar-refractivity contribution in [1.82, 2.24) is 0 Å². The van der Waals surface area contributed by atoms with Crippen LogP contribution in [0.4, 0.5) is 32.0 Å². The summed E-state index contributed by atoms with van der Waals surface area (Å²) in [5.74, 6) is -0.651. The Labute approximate surface area is 154 Å². The van der Waals surface area contributed by atoms with Gasteiger partial charge in [0, 0.05) is 10.7 Å². The first-order chi connectivity index (χ1) is 12.4. The van der Waals surface area contributed by atoms with Crippen LogP contribution in [0.3, 0.4) is 0 Å². The molecule has 27 heavy (non-hydrogen) atoms. The fourth-order valence-electron chi connectivity index (χ4n) is 2.08. The molecule has 2 aromatic carbocycles. The molecule has 1 N–H and O–H groups in total. The molecule has 0 aliphatic rings. The molecule has 2 rings (SSSR count). The van der Waals surface area contributed by atoms with E-state index in [1.165, 1.54) is 18.2 Å². The van der Waals surface area contributed by atoms with Crippen molar-refractivity contribution in [2.75, 3.05) is 11.9 Å². The minimum absolute atomic E-state index is 0.0252. The average molecular weight is 412 g/mol. The van der Waals surface area contributed by atoms with Crippen LogP contribution in [0.1, 0.15) is 16.7 Å². The number of amides is 1. The molecule has 3 nitrogen and oxygen atoms in total. The summed E-state index contributed by atoms with van der Waals surface area (Å²) in [7, 11) is 0. The van der Waals surface area contributed by atoms with Crippen LogP contribution in [-0.2, 0) is 17.1 Å². The van der Waals surface area contributed by atoms with E-state index in [9.17, 15) is 31.1 Å². The molecule has 0 saturated heterocycles. The number of alkyl halides is 6. The first-order valence-corrected chi connectivity index (χ1v) is 7.72. The van der Waals surface area contributed by atoms with Gasteiger partial charge in [-0.25, -0.2) is 0 Å². The Bertz CT molecular complexity index is 816. The van der Waals surface area contributed by atoms with E-state index in [2.05, 4.69) is 0 Å². The number of anilines is 1. The van der Waals surface area contributed by atoms with Crippen molar-refractivity contribution in [1.29, 1.82) is 0 Å². The Hall–Kier alpha value is -2.42. The molecule has 0 radical (unpaired) electrons. The van der Waals surface area contributed by atoms with E-state index in [1.54, 1.807) is 6.92 Å². The van der Waals surface area contributed by atoms with E-state index >= 15 is 0 Å². The summed E-state index contributed by atoms with van der Waals surface area (Å²) in [6.45, 7) is 1.08. The second kappa shape index (κ2) is 7.67. The first kappa shape index (κ1) is 20.9. The van der Waals surface area contributed by atoms with E-state index < -0.39 is 41.7 Å². The molecule has 2 aromatic rings. The van der Waals surface area contributed by atoms with Crippen LogP contribution >= 0.6 is 11.6 Å². The Morgan fingerprint density at radius 2 is 1.56 bits per heavy atom. The molecule has 0 aliphatic carbocycles. The third-order valence-electron chi connectivity index (χ3n) is 3.37. The van der Waals surface area contributed by atoms with E-state index in [4.69, 9.17) is 16.3 Å². The van der Waals surface area contributed by atoms with Gasteiger partial charge in [0.25, 0.3) is 5.91 Å². The number of carbonyl (C=O) groups is 1. The molecule has 0 unspecified atom stereocenters. The van der Waals surface area contributed by atoms with Crippen LogP contribution in [-0.4, -0.2) is 12.5 Å². The van der Waals surface area contributed by atoms with Crippen molar-refractivity contribution in [3.05, 3.63) is 58.1 Å². The SMILES string of the molecule is Cc1cc(OCC(=O)Nc2cc(C(F)(F)F)cc(C(F)(F)F)c2)ccc1Cl. The van der Waals surface area contributed by atoms with Gasteiger partial charge in [0.15, 0.2) is 6.61 Å². The minimum Gasteiger partial charge on any atom is -0.484 e. The monoisotopic (exact) mass is 411 g/mol. The number of hydrogen-bond acceptors (Lipinski definition) is 2. The number of carbonyl (C=O) groups excluding carboxylic acids is 1. The average Bonchev–Trinajstić information content (AvgIpc) is 2.54. The van der Waals surface area contributed by atoms with E-state index in [0.29, 0.717) is 22.7 Å². The summed E-state index contributed by atoms with van der Waals surface area (Å²) in [6.07, 6.45) is -10.0. The molecule has 0 aliphatic heterocycles. The first-order valence-electron chi connectivity index (χ1n) is 7.34. The molecule has 0 fully saturated rings. The standard InChI is InChI=1S/C17H12ClF6NO2/c1-9-4-13(2-3-14(9)18)27-8-15(26)25-12-6-10(16(19,20)21)5-11(7-12)17(22,23)24/h2-7H,8H2,1H3,(H,25,26). The van der Waals surface area contributed by atoms with Gasteiger partial charge in [-0.2, -0.15) is 26.3 Å². The largest absolute Gasteiger partial charge is 0.484 e. The highest BCUT2D eigenvalue weighted by Gasteiger charge is 2.37. The van der Waals surface area contributed by atoms with Gasteiger partial charge >= 0.3 is 12.4 Å². The maximum Gasteiger partial charge on any atom is 0.416 e. The lowest BCUT2D eigenvalue weighted by Gasteiger charge is -2.15. The smallest absolute Gasteiger partial charge is 0.416 e. The lowest BCUT2D eigenvalue weighted by Crippen LogP contribution is -2.21. The van der Waals surface area contributed by atoms with E-state index in [-0.39, 0.29) is 11.8 Å². The third-order valence-corrected chi connectivity index (χ3v) is 3.79. The van der Waals surface area contributed by atoms with Crippen molar-refractivity contribution in [3.63, 3.8) is 0 Å². The normalized spacial score (nSPS) is 12.0. The van der Waals surface area contributed by atoms with Crippen molar-refractivity contribution in [2.45, 2.75) is 19.3 Å². The van der Waals surface area contributed by atoms with Crippen molar-refractivity contribution in [2.24, 2.45) is 0 Å². The summed E-state index contributed by atoms with van der Waals surface area (Å²) in [5.41, 5.74) is -3.02. The molecular weight excluding hydrogens is 400 g/mol. The number of nitrogens with one attached hydrogen (secondary N) is 1. The number of ether oxygens (including phenoxy) is 1. The van der Waals surface area contributed by atoms with E-state index in [1.807, 2.05) is 5.32 Å². The molecule has 0 heterocycles. The van der Waals surface area contributed by atoms with Crippen LogP contribution in [0.2, 0.25) is 5.02 Å². The van der Waals surface area contributed by atoms with Gasteiger partial charge in [-0.15, -0.1) is 0 Å². The zero-order valence-corrected chi connectivity index (χ0v) is 14.4. The highest BCUT2D eigenvalue weighted by Crippen LogP contribution is 2.37. The van der Waals surface area contributed by atoms with Gasteiger partial charge in [0.2, 0.25) is 0 Å². The lowest BCUT2D eigenvalue weighted by atomic mass is 10.1. The summed E-state index contributed by atoms with van der Waals surface area (Å²) < 4.78 is 81.9. The predicted octanol–water partition coefficient (Wildman–Crippen LogP) is 5.70. The number of aryl methyl sites for hydroxylation is 1. The van der Waals surface area contributed by atoms with Gasteiger partial charge < -0.3 is 10.1 Å². The quantitative estimate of drug-likeness (QED) is 0.655. The number of hydrogen-bond donors (Lipinski definition) is 1. The second-order valence-corrected chi connectivity index (χ2v) is 5.95. The molecule has 10 heteroatoms. The number of rotatable bonds is 4. The predicted molar refractivity (Wildman–Crippen MR) is 86.8 cm³/mol. The maximum atomic E-state index is 12.8. The zero-order valence-electron chi connectivity index (χ0n) is 13.6. The topological polar surface area (TPSA) is 38.3 Å². The molecule has 0 atom stereocenters. The molecule has 1 amide bonds. The van der Waals surface area contributed by atoms with Gasteiger partial charge in [-0.3, -0.25) is 4.79 Å². The highest BCUT2D eigenvalue weighted by molar-refractivity contribution is 6.31. The van der Waals surface area contributed by atoms with Crippen molar-refractivity contribution < 1.29 is 35.9 Å². The highest BCUT2D eigenvalue weighted by atomic mass is 35.5. The summed E-state index contributed by atoms with van der Waals surface area (Å²) in [4.78, 5) is 11.8. The summed E-state index contributed by atoms with van der Waals surface area (Å²) in [5, 5.41) is 2.44. The second-order valence-electron chi connectivity index (χ2n) is 5.54. The van der Waals surface area contributed by atoms with Crippen molar-refractivity contribution in [3.8, 4) is 5.75 Å². The Morgan fingerprint density at radius 3 is 2.04 bits per heavy atom. The van der Waals surface area contributed by atoms with Gasteiger partial charge in [0.1, 0.15) is 5.75 Å². The Kier molecular flexibility index (Phi) is 5.94. The Morgan fingerprint density at radius 1 is 1.00 bits per heavy atom. The molecular formula is C17H12ClF6NO2. The van der Waals surface area contributed by atoms with Crippen LogP contribution in [0.5, 0.6) is 5.75 Å². The van der Waals surface area contributed by atoms with Gasteiger partial charge in [-0.05, 0) is 48.9 Å². The van der Waals surface area contributed by atoms with Crippen LogP contribution in [0.25, 0.3) is 0 Å². The lowest BCUT2D eigenvalue weighted by molar-refractivity contribution is -0.143. The fourth-order valence-corrected chi connectivity index (χ4v) is 2.20. The van der Waals surface area contributed by atoms with E-state index in [0.717, 1.165) is 0 Å². The number of benzene rings is 2. The summed E-state index contributed by atoms with van der Waals surface area (Å²) in [6, 6.07) is 5.32. The van der Waals surface area contributed by atoms with Gasteiger partial charge in [-0.1, -0.05) is 11.6 Å². The van der Waals surface area contributed by atoms with Crippen LogP contribution in [0, 0.1) is 6.92 Å². The van der Waals surface area contributed by atoms with Crippen LogP contribution < -0.4 is 10.1 Å². The Balaban J connectivity index is 2.15. The van der Waals surface area contributed by atoms with Gasteiger partial charge in [0.05, 0.1) is 11.1 Å². The fraction of sp³-hybridized carbons (Fsp3) is 0.235. The minimum atomic E-state index is -5.00. The van der Waals surface area contributed by atoms with Crippen molar-refractivity contribution >= 4 is 23.2 Å². The molecule has 0 spiro atoms. The van der Waals surface area contributed by atoms with Crippen LogP contribution in [0.15, 0.2) is 36.4 Å². The summed E-state index contributed by atoms with van der Waals surface area (Å²) >= 11 is 5.84. The molecule has 0 saturated carbocycles. The molecule has 0 aromatic heterocycles. The zero-order chi connectivity index (χ0) is 20.4.